The van der Waals surface area contributed by atoms with Crippen molar-refractivity contribution in [2.45, 2.75) is 70.1 Å². The minimum absolute atomic E-state index is 0.0438. The Morgan fingerprint density at radius 2 is 1.80 bits per heavy atom. The Morgan fingerprint density at radius 3 is 2.33 bits per heavy atom. The molecule has 1 N–H and O–H groups in total. The summed E-state index contributed by atoms with van der Waals surface area (Å²) in [5, 5.41) is 3.65. The smallest absolute Gasteiger partial charge is 0.120 e. The maximum absolute atomic E-state index is 6.48. The van der Waals surface area contributed by atoms with Crippen LogP contribution < -0.4 is 5.32 Å². The highest BCUT2D eigenvalue weighted by Crippen LogP contribution is 2.51. The number of ether oxygens (including phenoxy) is 1. The molecule has 0 amide bonds. The fraction of sp³-hybridized carbons (Fsp3) is 1.00. The van der Waals surface area contributed by atoms with E-state index < -0.39 is 0 Å². The van der Waals surface area contributed by atoms with E-state index in [2.05, 4.69) is 19.2 Å². The second-order valence-corrected chi connectivity index (χ2v) is 6.65. The van der Waals surface area contributed by atoms with Crippen molar-refractivity contribution in [1.82, 2.24) is 5.32 Å². The van der Waals surface area contributed by atoms with Gasteiger partial charge in [-0.25, -0.2) is 0 Å². The third kappa shape index (κ3) is 1.62. The first kappa shape index (κ1) is 10.1. The van der Waals surface area contributed by atoms with Crippen LogP contribution in [0.2, 0.25) is 0 Å². The minimum Gasteiger partial charge on any atom is -0.354 e. The molecule has 0 radical (unpaired) electrons. The van der Waals surface area contributed by atoms with Crippen molar-refractivity contribution in [3.05, 3.63) is 0 Å². The molecule has 1 saturated heterocycles. The molecule has 1 atom stereocenters. The van der Waals surface area contributed by atoms with E-state index in [4.69, 9.17) is 4.74 Å². The van der Waals surface area contributed by atoms with Crippen molar-refractivity contribution in [2.75, 3.05) is 6.54 Å². The fourth-order valence-electron chi connectivity index (χ4n) is 3.67. The molecular formula is C13H23NO. The van der Waals surface area contributed by atoms with Crippen LogP contribution in [0.1, 0.15) is 58.8 Å². The zero-order valence-corrected chi connectivity index (χ0v) is 10.1. The predicted octanol–water partition coefficient (Wildman–Crippen LogP) is 2.83. The van der Waals surface area contributed by atoms with Gasteiger partial charge >= 0.3 is 0 Å². The predicted molar refractivity (Wildman–Crippen MR) is 60.6 cm³/mol. The van der Waals surface area contributed by atoms with Gasteiger partial charge in [-0.1, -0.05) is 13.8 Å². The lowest BCUT2D eigenvalue weighted by Crippen LogP contribution is -2.61. The summed E-state index contributed by atoms with van der Waals surface area (Å²) in [5.74, 6) is 0. The van der Waals surface area contributed by atoms with Crippen LogP contribution >= 0.6 is 0 Å². The van der Waals surface area contributed by atoms with E-state index >= 15 is 0 Å². The maximum Gasteiger partial charge on any atom is 0.120 e. The molecule has 2 saturated carbocycles. The third-order valence-electron chi connectivity index (χ3n) is 4.67. The molecule has 2 heteroatoms. The average Bonchev–Trinajstić information content (AvgIpc) is 2.39. The van der Waals surface area contributed by atoms with Gasteiger partial charge in [0.05, 0.1) is 5.60 Å². The molecule has 1 heterocycles. The highest BCUT2D eigenvalue weighted by atomic mass is 16.5. The standard InChI is InChI=1S/C13H23NO/c1-11(2)6-7-13(10-11)14-9-8-12(15-13)4-3-5-12/h14H,3-10H2,1-2H3. The van der Waals surface area contributed by atoms with E-state index in [0.29, 0.717) is 5.41 Å². The minimum atomic E-state index is 0.0438. The Hall–Kier alpha value is -0.0800. The van der Waals surface area contributed by atoms with E-state index in [1.54, 1.807) is 0 Å². The van der Waals surface area contributed by atoms with E-state index in [9.17, 15) is 0 Å². The lowest BCUT2D eigenvalue weighted by molar-refractivity contribution is -0.230. The normalized spacial score (nSPS) is 42.0. The van der Waals surface area contributed by atoms with Crippen molar-refractivity contribution in [3.63, 3.8) is 0 Å². The number of nitrogens with one attached hydrogen (secondary N) is 1. The monoisotopic (exact) mass is 209 g/mol. The van der Waals surface area contributed by atoms with Gasteiger partial charge in [-0.2, -0.15) is 0 Å². The molecule has 3 fully saturated rings. The van der Waals surface area contributed by atoms with Gasteiger partial charge in [0, 0.05) is 6.54 Å². The van der Waals surface area contributed by atoms with Crippen molar-refractivity contribution < 1.29 is 4.74 Å². The number of hydrogen-bond acceptors (Lipinski definition) is 2. The van der Waals surface area contributed by atoms with Gasteiger partial charge in [0.2, 0.25) is 0 Å². The summed E-state index contributed by atoms with van der Waals surface area (Å²) < 4.78 is 6.48. The lowest BCUT2D eigenvalue weighted by atomic mass is 9.76. The zero-order valence-electron chi connectivity index (χ0n) is 10.1. The third-order valence-corrected chi connectivity index (χ3v) is 4.67. The summed E-state index contributed by atoms with van der Waals surface area (Å²) in [4.78, 5) is 0. The number of rotatable bonds is 0. The molecule has 2 aliphatic carbocycles. The quantitative estimate of drug-likeness (QED) is 0.662. The Balaban J connectivity index is 1.76. The van der Waals surface area contributed by atoms with Gasteiger partial charge in [-0.15, -0.1) is 0 Å². The summed E-state index contributed by atoms with van der Waals surface area (Å²) in [6.07, 6.45) is 8.92. The van der Waals surface area contributed by atoms with Crippen molar-refractivity contribution in [2.24, 2.45) is 5.41 Å². The summed E-state index contributed by atoms with van der Waals surface area (Å²) in [7, 11) is 0. The van der Waals surface area contributed by atoms with Crippen molar-refractivity contribution in [3.8, 4) is 0 Å². The summed E-state index contributed by atoms with van der Waals surface area (Å²) in [6, 6.07) is 0. The molecule has 2 spiro atoms. The molecule has 2 nitrogen and oxygen atoms in total. The second-order valence-electron chi connectivity index (χ2n) is 6.65. The van der Waals surface area contributed by atoms with Crippen molar-refractivity contribution >= 4 is 0 Å². The Labute approximate surface area is 92.8 Å². The topological polar surface area (TPSA) is 21.3 Å². The van der Waals surface area contributed by atoms with E-state index in [-0.39, 0.29) is 11.3 Å². The van der Waals surface area contributed by atoms with Crippen LogP contribution in [-0.2, 0) is 4.74 Å². The van der Waals surface area contributed by atoms with Gasteiger partial charge < -0.3 is 4.74 Å². The first-order chi connectivity index (χ1) is 7.04. The highest BCUT2D eigenvalue weighted by molar-refractivity contribution is 5.02. The maximum atomic E-state index is 6.48. The first-order valence-corrected chi connectivity index (χ1v) is 6.49. The molecule has 0 aromatic carbocycles. The van der Waals surface area contributed by atoms with Crippen LogP contribution in [0.15, 0.2) is 0 Å². The Kier molecular flexibility index (Phi) is 2.01. The van der Waals surface area contributed by atoms with Gasteiger partial charge in [0.1, 0.15) is 5.72 Å². The Morgan fingerprint density at radius 1 is 1.00 bits per heavy atom. The van der Waals surface area contributed by atoms with Crippen LogP contribution in [0.25, 0.3) is 0 Å². The molecule has 3 rings (SSSR count). The summed E-state index contributed by atoms with van der Waals surface area (Å²) >= 11 is 0. The van der Waals surface area contributed by atoms with Crippen LogP contribution in [0.4, 0.5) is 0 Å². The molecule has 86 valence electrons. The fourth-order valence-corrected chi connectivity index (χ4v) is 3.67. The van der Waals surface area contributed by atoms with E-state index in [1.807, 2.05) is 0 Å². The molecule has 3 aliphatic rings. The highest BCUT2D eigenvalue weighted by Gasteiger charge is 2.53. The van der Waals surface area contributed by atoms with Crippen LogP contribution in [0.5, 0.6) is 0 Å². The number of hydrogen-bond donors (Lipinski definition) is 1. The SMILES string of the molecule is CC1(C)CCC2(C1)NCCC1(CCC1)O2. The molecule has 1 unspecified atom stereocenters. The van der Waals surface area contributed by atoms with Gasteiger partial charge in [0.25, 0.3) is 0 Å². The van der Waals surface area contributed by atoms with Gasteiger partial charge in [-0.3, -0.25) is 5.32 Å². The summed E-state index contributed by atoms with van der Waals surface area (Å²) in [5.41, 5.74) is 0.795. The van der Waals surface area contributed by atoms with E-state index in [0.717, 1.165) is 6.54 Å². The van der Waals surface area contributed by atoms with Crippen molar-refractivity contribution in [1.29, 1.82) is 0 Å². The first-order valence-electron chi connectivity index (χ1n) is 6.49. The molecule has 0 bridgehead atoms. The summed E-state index contributed by atoms with van der Waals surface area (Å²) in [6.45, 7) is 5.90. The van der Waals surface area contributed by atoms with Gasteiger partial charge in [-0.05, 0) is 50.4 Å². The van der Waals surface area contributed by atoms with Gasteiger partial charge in [0.15, 0.2) is 0 Å². The molecule has 1 aliphatic heterocycles. The van der Waals surface area contributed by atoms with E-state index in [1.165, 1.54) is 44.9 Å². The molecular weight excluding hydrogens is 186 g/mol. The molecule has 15 heavy (non-hydrogen) atoms. The zero-order chi connectivity index (χ0) is 10.6. The van der Waals surface area contributed by atoms with Crippen LogP contribution in [0.3, 0.4) is 0 Å². The lowest BCUT2D eigenvalue weighted by Gasteiger charge is -2.52. The second kappa shape index (κ2) is 2.98. The largest absolute Gasteiger partial charge is 0.354 e. The van der Waals surface area contributed by atoms with Crippen LogP contribution in [-0.4, -0.2) is 17.9 Å². The average molecular weight is 209 g/mol. The molecule has 0 aromatic heterocycles. The molecule has 0 aromatic rings. The van der Waals surface area contributed by atoms with Crippen LogP contribution in [0, 0.1) is 5.41 Å². The Bertz CT molecular complexity index is 270.